The number of anilines is 1. The number of aryl methyl sites for hydroxylation is 1. The second-order valence-electron chi connectivity index (χ2n) is 8.75. The van der Waals surface area contributed by atoms with Crippen molar-refractivity contribution in [3.05, 3.63) is 81.7 Å². The van der Waals surface area contributed by atoms with E-state index in [1.54, 1.807) is 36.5 Å². The number of nitrogens with zero attached hydrogens (tertiary/aromatic N) is 2. The lowest BCUT2D eigenvalue weighted by Gasteiger charge is -2.70. The fourth-order valence-corrected chi connectivity index (χ4v) is 4.87. The third-order valence-electron chi connectivity index (χ3n) is 6.13. The highest BCUT2D eigenvalue weighted by Crippen LogP contribution is 2.61. The number of ether oxygens (including phenoxy) is 1. The summed E-state index contributed by atoms with van der Waals surface area (Å²) in [5.41, 5.74) is 0.554. The van der Waals surface area contributed by atoms with Crippen molar-refractivity contribution in [2.75, 3.05) is 11.9 Å². The van der Waals surface area contributed by atoms with E-state index in [1.165, 1.54) is 10.6 Å². The number of hydrogen-bond acceptors (Lipinski definition) is 5. The summed E-state index contributed by atoms with van der Waals surface area (Å²) in [6.07, 6.45) is 4.21. The summed E-state index contributed by atoms with van der Waals surface area (Å²) in [7, 11) is 0. The summed E-state index contributed by atoms with van der Waals surface area (Å²) in [4.78, 5) is 29.0. The molecule has 3 aliphatic carbocycles. The lowest BCUT2D eigenvalue weighted by molar-refractivity contribution is -0.135. The van der Waals surface area contributed by atoms with Crippen LogP contribution in [0.25, 0.3) is 5.82 Å². The summed E-state index contributed by atoms with van der Waals surface area (Å²) in [5.74, 6) is 1.79. The minimum absolute atomic E-state index is 0.0291. The number of amides is 1. The van der Waals surface area contributed by atoms with Crippen LogP contribution in [0.5, 0.6) is 5.75 Å². The van der Waals surface area contributed by atoms with Crippen LogP contribution >= 0.6 is 11.6 Å². The van der Waals surface area contributed by atoms with Gasteiger partial charge in [-0.25, -0.2) is 4.98 Å². The first-order valence-corrected chi connectivity index (χ1v) is 10.9. The first kappa shape index (κ1) is 20.6. The topological polar surface area (TPSA) is 85.2 Å². The molecule has 1 aromatic carbocycles. The number of pyridine rings is 2. The lowest BCUT2D eigenvalue weighted by Crippen LogP contribution is -2.81. The molecule has 7 nitrogen and oxygen atoms in total. The molecule has 2 aromatic heterocycles. The van der Waals surface area contributed by atoms with Crippen LogP contribution in [0.3, 0.4) is 0 Å². The Bertz CT molecular complexity index is 1240. The maximum Gasteiger partial charge on any atom is 0.258 e. The summed E-state index contributed by atoms with van der Waals surface area (Å²) in [6.45, 7) is 1.87. The molecule has 2 heterocycles. The quantitative estimate of drug-likeness (QED) is 0.575. The Labute approximate surface area is 190 Å². The average Bonchev–Trinajstić information content (AvgIpc) is 2.73. The van der Waals surface area contributed by atoms with Crippen molar-refractivity contribution in [2.24, 2.45) is 0 Å². The van der Waals surface area contributed by atoms with Crippen LogP contribution < -0.4 is 20.9 Å². The number of carbonyl (C=O) groups is 1. The summed E-state index contributed by atoms with van der Waals surface area (Å²) < 4.78 is 7.11. The number of halogens is 1. The number of benzene rings is 1. The van der Waals surface area contributed by atoms with Crippen molar-refractivity contribution in [1.82, 2.24) is 14.9 Å². The van der Waals surface area contributed by atoms with Gasteiger partial charge in [0.25, 0.3) is 11.5 Å². The molecule has 0 saturated heterocycles. The highest BCUT2D eigenvalue weighted by atomic mass is 35.5. The molecule has 0 aliphatic heterocycles. The number of nitrogens with one attached hydrogen (secondary N) is 2. The van der Waals surface area contributed by atoms with E-state index in [9.17, 15) is 9.59 Å². The van der Waals surface area contributed by atoms with Crippen molar-refractivity contribution in [1.29, 1.82) is 0 Å². The molecule has 164 valence electrons. The molecule has 2 bridgehead atoms. The van der Waals surface area contributed by atoms with Crippen molar-refractivity contribution in [3.8, 4) is 11.6 Å². The average molecular weight is 451 g/mol. The molecule has 32 heavy (non-hydrogen) atoms. The van der Waals surface area contributed by atoms with Crippen LogP contribution in [0.2, 0.25) is 5.02 Å². The monoisotopic (exact) mass is 450 g/mol. The van der Waals surface area contributed by atoms with Crippen molar-refractivity contribution >= 4 is 23.3 Å². The molecule has 8 heteroatoms. The molecule has 2 N–H and O–H groups in total. The SMILES string of the molecule is Cc1cc(OCC(=O)NC23CC(Nc4cccc(-n5ccccc5=O)n4)(C2)C3)ccc1Cl. The molecule has 3 fully saturated rings. The molecular weight excluding hydrogens is 428 g/mol. The van der Waals surface area contributed by atoms with Gasteiger partial charge in [-0.2, -0.15) is 0 Å². The van der Waals surface area contributed by atoms with Gasteiger partial charge in [0, 0.05) is 28.4 Å². The Balaban J connectivity index is 1.15. The van der Waals surface area contributed by atoms with E-state index in [4.69, 9.17) is 16.3 Å². The Morgan fingerprint density at radius 3 is 2.69 bits per heavy atom. The van der Waals surface area contributed by atoms with E-state index < -0.39 is 0 Å². The standard InChI is InChI=1S/C24H23ClN4O3/c1-16-11-17(8-9-18(16)25)32-12-21(30)28-24-13-23(14-24,15-24)27-19-5-4-6-20(26-19)29-10-3-2-7-22(29)31/h2-11H,12-15H2,1H3,(H,26,27)(H,28,30). The third-order valence-corrected chi connectivity index (χ3v) is 6.56. The number of rotatable bonds is 7. The Morgan fingerprint density at radius 2 is 1.94 bits per heavy atom. The van der Waals surface area contributed by atoms with Gasteiger partial charge in [-0.1, -0.05) is 23.7 Å². The molecule has 6 rings (SSSR count). The highest BCUT2D eigenvalue weighted by Gasteiger charge is 2.68. The molecule has 3 aliphatic rings. The first-order chi connectivity index (χ1) is 15.4. The highest BCUT2D eigenvalue weighted by molar-refractivity contribution is 6.31. The fourth-order valence-electron chi connectivity index (χ4n) is 4.76. The maximum absolute atomic E-state index is 12.4. The molecule has 3 aromatic rings. The van der Waals surface area contributed by atoms with E-state index >= 15 is 0 Å². The Morgan fingerprint density at radius 1 is 1.12 bits per heavy atom. The lowest BCUT2D eigenvalue weighted by atomic mass is 9.44. The summed E-state index contributed by atoms with van der Waals surface area (Å²) >= 11 is 6.02. The largest absolute Gasteiger partial charge is 0.484 e. The summed E-state index contributed by atoms with van der Waals surface area (Å²) in [5, 5.41) is 7.28. The fraction of sp³-hybridized carbons (Fsp3) is 0.292. The smallest absolute Gasteiger partial charge is 0.258 e. The van der Waals surface area contributed by atoms with Crippen LogP contribution in [0.4, 0.5) is 5.82 Å². The van der Waals surface area contributed by atoms with Gasteiger partial charge in [-0.05, 0) is 68.1 Å². The van der Waals surface area contributed by atoms with Gasteiger partial charge in [0.2, 0.25) is 0 Å². The van der Waals surface area contributed by atoms with Gasteiger partial charge in [0.15, 0.2) is 6.61 Å². The predicted molar refractivity (Wildman–Crippen MR) is 123 cm³/mol. The van der Waals surface area contributed by atoms with Crippen LogP contribution in [0.1, 0.15) is 24.8 Å². The van der Waals surface area contributed by atoms with E-state index in [0.717, 1.165) is 30.6 Å². The molecule has 3 saturated carbocycles. The van der Waals surface area contributed by atoms with Gasteiger partial charge < -0.3 is 15.4 Å². The van der Waals surface area contributed by atoms with E-state index in [0.29, 0.717) is 16.6 Å². The predicted octanol–water partition coefficient (Wildman–Crippen LogP) is 3.48. The molecular formula is C24H23ClN4O3. The zero-order valence-corrected chi connectivity index (χ0v) is 18.4. The minimum Gasteiger partial charge on any atom is -0.484 e. The maximum atomic E-state index is 12.4. The van der Waals surface area contributed by atoms with Gasteiger partial charge >= 0.3 is 0 Å². The minimum atomic E-state index is -0.169. The van der Waals surface area contributed by atoms with Gasteiger partial charge in [0.05, 0.1) is 0 Å². The van der Waals surface area contributed by atoms with Crippen molar-refractivity contribution < 1.29 is 9.53 Å². The van der Waals surface area contributed by atoms with Crippen molar-refractivity contribution in [2.45, 2.75) is 37.3 Å². The van der Waals surface area contributed by atoms with E-state index in [1.807, 2.05) is 25.1 Å². The Hall–Kier alpha value is -3.32. The van der Waals surface area contributed by atoms with Crippen LogP contribution in [-0.4, -0.2) is 33.1 Å². The number of hydrogen-bond donors (Lipinski definition) is 2. The van der Waals surface area contributed by atoms with Crippen LogP contribution in [-0.2, 0) is 4.79 Å². The van der Waals surface area contributed by atoms with Gasteiger partial charge in [-0.3, -0.25) is 14.2 Å². The molecule has 0 radical (unpaired) electrons. The molecule has 0 atom stereocenters. The van der Waals surface area contributed by atoms with E-state index in [-0.39, 0.29) is 29.2 Å². The third kappa shape index (κ3) is 3.84. The number of carbonyl (C=O) groups excluding carboxylic acids is 1. The zero-order chi connectivity index (χ0) is 22.3. The summed E-state index contributed by atoms with van der Waals surface area (Å²) in [6, 6.07) is 15.9. The molecule has 1 amide bonds. The van der Waals surface area contributed by atoms with Gasteiger partial charge in [0.1, 0.15) is 17.4 Å². The van der Waals surface area contributed by atoms with E-state index in [2.05, 4.69) is 15.6 Å². The number of aromatic nitrogens is 2. The molecule has 0 spiro atoms. The second-order valence-corrected chi connectivity index (χ2v) is 9.16. The second kappa shape index (κ2) is 7.67. The van der Waals surface area contributed by atoms with Gasteiger partial charge in [-0.15, -0.1) is 0 Å². The zero-order valence-electron chi connectivity index (χ0n) is 17.6. The van der Waals surface area contributed by atoms with Crippen LogP contribution in [0.15, 0.2) is 65.6 Å². The van der Waals surface area contributed by atoms with Crippen LogP contribution in [0, 0.1) is 6.92 Å². The Kier molecular flexibility index (Phi) is 4.93. The normalized spacial score (nSPS) is 22.9. The molecule has 0 unspecified atom stereocenters. The van der Waals surface area contributed by atoms with Crippen molar-refractivity contribution in [3.63, 3.8) is 0 Å². The first-order valence-electron chi connectivity index (χ1n) is 10.5.